The fourth-order valence-electron chi connectivity index (χ4n) is 1.51. The maximum atomic E-state index is 11.4. The van der Waals surface area contributed by atoms with Gasteiger partial charge in [0.05, 0.1) is 12.5 Å². The van der Waals surface area contributed by atoms with Gasteiger partial charge in [-0.1, -0.05) is 0 Å². The van der Waals surface area contributed by atoms with Crippen molar-refractivity contribution in [2.75, 3.05) is 14.2 Å². The Morgan fingerprint density at radius 2 is 2.17 bits per heavy atom. The molecule has 1 rings (SSSR count). The molecule has 0 saturated carbocycles. The molecule has 1 heterocycles. The molecular weight excluding hydrogens is 154 g/mol. The van der Waals surface area contributed by atoms with E-state index in [0.29, 0.717) is 12.5 Å². The number of hydrogen-bond donors (Lipinski definition) is 0. The third-order valence-electron chi connectivity index (χ3n) is 2.70. The summed E-state index contributed by atoms with van der Waals surface area (Å²) in [6, 6.07) is 0.359. The van der Waals surface area contributed by atoms with Crippen LogP contribution in [0.15, 0.2) is 0 Å². The number of amides is 1. The molecule has 0 bridgehead atoms. The van der Waals surface area contributed by atoms with Crippen molar-refractivity contribution in [3.63, 3.8) is 0 Å². The minimum atomic E-state index is 0.130. The van der Waals surface area contributed by atoms with Crippen molar-refractivity contribution in [3.8, 4) is 0 Å². The van der Waals surface area contributed by atoms with Gasteiger partial charge in [0, 0.05) is 20.2 Å². The van der Waals surface area contributed by atoms with Gasteiger partial charge in [-0.15, -0.1) is 0 Å². The average molecular weight is 171 g/mol. The second kappa shape index (κ2) is 3.90. The highest BCUT2D eigenvalue weighted by Gasteiger charge is 2.24. The fourth-order valence-corrected chi connectivity index (χ4v) is 1.51. The minimum Gasteiger partial charge on any atom is -0.381 e. The molecule has 1 aliphatic heterocycles. The summed E-state index contributed by atoms with van der Waals surface area (Å²) in [7, 11) is 3.54. The molecule has 0 aromatic rings. The van der Waals surface area contributed by atoms with Crippen LogP contribution < -0.4 is 0 Å². The molecule has 0 N–H and O–H groups in total. The van der Waals surface area contributed by atoms with E-state index in [1.54, 1.807) is 7.11 Å². The van der Waals surface area contributed by atoms with Gasteiger partial charge in [-0.25, -0.2) is 0 Å². The topological polar surface area (TPSA) is 29.5 Å². The largest absolute Gasteiger partial charge is 0.381 e. The summed E-state index contributed by atoms with van der Waals surface area (Å²) in [5.74, 6) is 0.201. The molecule has 70 valence electrons. The SMILES string of the molecule is COC1CC[C@H](C)N(C)C(=O)C1. The molecule has 1 fully saturated rings. The lowest BCUT2D eigenvalue weighted by Gasteiger charge is -2.21. The molecule has 0 aromatic heterocycles. The number of likely N-dealkylation sites (tertiary alicyclic amines) is 1. The molecule has 0 aliphatic carbocycles. The van der Waals surface area contributed by atoms with Crippen LogP contribution in [-0.4, -0.2) is 37.1 Å². The van der Waals surface area contributed by atoms with Crippen molar-refractivity contribution >= 4 is 5.91 Å². The van der Waals surface area contributed by atoms with Gasteiger partial charge in [0.1, 0.15) is 0 Å². The molecule has 0 aromatic carbocycles. The first-order valence-corrected chi connectivity index (χ1v) is 4.43. The number of ether oxygens (including phenoxy) is 1. The van der Waals surface area contributed by atoms with E-state index in [0.717, 1.165) is 12.8 Å². The lowest BCUT2D eigenvalue weighted by molar-refractivity contribution is -0.132. The van der Waals surface area contributed by atoms with Crippen molar-refractivity contribution in [3.05, 3.63) is 0 Å². The van der Waals surface area contributed by atoms with E-state index in [2.05, 4.69) is 6.92 Å². The van der Waals surface area contributed by atoms with E-state index in [4.69, 9.17) is 4.74 Å². The molecule has 0 radical (unpaired) electrons. The summed E-state index contributed by atoms with van der Waals surface area (Å²) < 4.78 is 5.19. The molecule has 1 aliphatic rings. The van der Waals surface area contributed by atoms with Crippen LogP contribution in [0, 0.1) is 0 Å². The summed E-state index contributed by atoms with van der Waals surface area (Å²) >= 11 is 0. The van der Waals surface area contributed by atoms with Crippen LogP contribution in [0.4, 0.5) is 0 Å². The quantitative estimate of drug-likeness (QED) is 0.589. The maximum absolute atomic E-state index is 11.4. The van der Waals surface area contributed by atoms with E-state index in [9.17, 15) is 4.79 Å². The van der Waals surface area contributed by atoms with Crippen LogP contribution >= 0.6 is 0 Å². The first-order valence-electron chi connectivity index (χ1n) is 4.43. The summed E-state index contributed by atoms with van der Waals surface area (Å²) in [4.78, 5) is 13.3. The highest BCUT2D eigenvalue weighted by atomic mass is 16.5. The van der Waals surface area contributed by atoms with Crippen molar-refractivity contribution in [2.24, 2.45) is 0 Å². The van der Waals surface area contributed by atoms with Gasteiger partial charge in [0.2, 0.25) is 5.91 Å². The highest BCUT2D eigenvalue weighted by Crippen LogP contribution is 2.17. The maximum Gasteiger partial charge on any atom is 0.225 e. The molecular formula is C9H17NO2. The van der Waals surface area contributed by atoms with Crippen molar-refractivity contribution in [2.45, 2.75) is 38.3 Å². The Kier molecular flexibility index (Phi) is 3.09. The number of nitrogens with zero attached hydrogens (tertiary/aromatic N) is 1. The Morgan fingerprint density at radius 1 is 1.50 bits per heavy atom. The molecule has 3 nitrogen and oxygen atoms in total. The minimum absolute atomic E-state index is 0.130. The van der Waals surface area contributed by atoms with Gasteiger partial charge >= 0.3 is 0 Å². The predicted molar refractivity (Wildman–Crippen MR) is 46.9 cm³/mol. The smallest absolute Gasteiger partial charge is 0.225 e. The van der Waals surface area contributed by atoms with Gasteiger partial charge in [-0.05, 0) is 19.8 Å². The van der Waals surface area contributed by atoms with Crippen molar-refractivity contribution in [1.29, 1.82) is 0 Å². The summed E-state index contributed by atoms with van der Waals surface area (Å²) in [5.41, 5.74) is 0. The van der Waals surface area contributed by atoms with Crippen molar-refractivity contribution < 1.29 is 9.53 Å². The molecule has 1 saturated heterocycles. The number of hydrogen-bond acceptors (Lipinski definition) is 2. The van der Waals surface area contributed by atoms with Gasteiger partial charge in [-0.3, -0.25) is 4.79 Å². The molecule has 12 heavy (non-hydrogen) atoms. The summed E-state index contributed by atoms with van der Waals surface area (Å²) in [6.07, 6.45) is 2.70. The second-order valence-electron chi connectivity index (χ2n) is 3.49. The van der Waals surface area contributed by atoms with Crippen LogP contribution in [0.5, 0.6) is 0 Å². The van der Waals surface area contributed by atoms with E-state index >= 15 is 0 Å². The van der Waals surface area contributed by atoms with E-state index < -0.39 is 0 Å². The Labute approximate surface area is 73.7 Å². The first kappa shape index (κ1) is 9.52. The van der Waals surface area contributed by atoms with Crippen LogP contribution in [0.2, 0.25) is 0 Å². The first-order chi connectivity index (χ1) is 5.65. The highest BCUT2D eigenvalue weighted by molar-refractivity contribution is 5.77. The molecule has 1 amide bonds. The molecule has 3 heteroatoms. The number of methoxy groups -OCH3 is 1. The third-order valence-corrected chi connectivity index (χ3v) is 2.70. The number of carbonyl (C=O) groups excluding carboxylic acids is 1. The van der Waals surface area contributed by atoms with Crippen LogP contribution in [-0.2, 0) is 9.53 Å². The zero-order valence-electron chi connectivity index (χ0n) is 8.04. The Hall–Kier alpha value is -0.570. The fraction of sp³-hybridized carbons (Fsp3) is 0.889. The van der Waals surface area contributed by atoms with Gasteiger partial charge in [0.25, 0.3) is 0 Å². The molecule has 0 spiro atoms. The second-order valence-corrected chi connectivity index (χ2v) is 3.49. The Bertz CT molecular complexity index is 170. The molecule has 1 unspecified atom stereocenters. The van der Waals surface area contributed by atoms with E-state index in [-0.39, 0.29) is 12.0 Å². The average Bonchev–Trinajstić information content (AvgIpc) is 2.19. The normalized spacial score (nSPS) is 31.9. The Morgan fingerprint density at radius 3 is 2.75 bits per heavy atom. The van der Waals surface area contributed by atoms with Gasteiger partial charge in [-0.2, -0.15) is 0 Å². The monoisotopic (exact) mass is 171 g/mol. The number of carbonyl (C=O) groups is 1. The number of rotatable bonds is 1. The Balaban J connectivity index is 2.59. The lowest BCUT2D eigenvalue weighted by atomic mass is 10.1. The van der Waals surface area contributed by atoms with Gasteiger partial charge in [0.15, 0.2) is 0 Å². The predicted octanol–water partition coefficient (Wildman–Crippen LogP) is 1.03. The van der Waals surface area contributed by atoms with Crippen LogP contribution in [0.3, 0.4) is 0 Å². The van der Waals surface area contributed by atoms with Crippen LogP contribution in [0.1, 0.15) is 26.2 Å². The van der Waals surface area contributed by atoms with E-state index in [1.807, 2.05) is 11.9 Å². The zero-order valence-corrected chi connectivity index (χ0v) is 8.04. The standard InChI is InChI=1S/C9H17NO2/c1-7-4-5-8(12-3)6-9(11)10(7)2/h7-8H,4-6H2,1-3H3/t7-,8?/m0/s1. The zero-order chi connectivity index (χ0) is 9.14. The third kappa shape index (κ3) is 1.97. The summed E-state index contributed by atoms with van der Waals surface area (Å²) in [6.45, 7) is 2.08. The van der Waals surface area contributed by atoms with Crippen LogP contribution in [0.25, 0.3) is 0 Å². The lowest BCUT2D eigenvalue weighted by Crippen LogP contribution is -2.33. The van der Waals surface area contributed by atoms with E-state index in [1.165, 1.54) is 0 Å². The van der Waals surface area contributed by atoms with Gasteiger partial charge < -0.3 is 9.64 Å². The molecule has 2 atom stereocenters. The summed E-state index contributed by atoms with van der Waals surface area (Å²) in [5, 5.41) is 0. The van der Waals surface area contributed by atoms with Crippen molar-refractivity contribution in [1.82, 2.24) is 4.90 Å².